The summed E-state index contributed by atoms with van der Waals surface area (Å²) in [6.07, 6.45) is 1.65. The van der Waals surface area contributed by atoms with Gasteiger partial charge in [0.25, 0.3) is 0 Å². The van der Waals surface area contributed by atoms with Crippen molar-refractivity contribution < 1.29 is 10.0 Å². The van der Waals surface area contributed by atoms with Gasteiger partial charge in [-0.05, 0) is 17.7 Å². The Morgan fingerprint density at radius 3 is 2.25 bits per heavy atom. The van der Waals surface area contributed by atoms with Crippen LogP contribution in [0.2, 0.25) is 0 Å². The van der Waals surface area contributed by atoms with Crippen LogP contribution in [0.5, 0.6) is 0 Å². The molecule has 0 aromatic heterocycles. The SMILES string of the molecule is OB(O)C=Cc1ccc(Br)cc1. The van der Waals surface area contributed by atoms with Crippen molar-refractivity contribution in [1.29, 1.82) is 0 Å². The van der Waals surface area contributed by atoms with Crippen molar-refractivity contribution in [2.75, 3.05) is 0 Å². The molecular weight excluding hydrogens is 219 g/mol. The van der Waals surface area contributed by atoms with Crippen LogP contribution in [0.3, 0.4) is 0 Å². The van der Waals surface area contributed by atoms with Crippen molar-refractivity contribution in [2.45, 2.75) is 0 Å². The van der Waals surface area contributed by atoms with Crippen LogP contribution in [0.4, 0.5) is 0 Å². The molecular formula is C8H8BBrO2. The Morgan fingerprint density at radius 1 is 1.17 bits per heavy atom. The molecule has 0 unspecified atom stereocenters. The van der Waals surface area contributed by atoms with Gasteiger partial charge in [-0.3, -0.25) is 0 Å². The third-order valence-corrected chi connectivity index (χ3v) is 1.86. The first-order valence-corrected chi connectivity index (χ1v) is 4.28. The van der Waals surface area contributed by atoms with Crippen molar-refractivity contribution in [3.8, 4) is 0 Å². The molecule has 0 saturated heterocycles. The molecule has 0 atom stereocenters. The van der Waals surface area contributed by atoms with Gasteiger partial charge in [0.15, 0.2) is 0 Å². The predicted octanol–water partition coefficient (Wildman–Crippen LogP) is 1.47. The molecule has 0 spiro atoms. The van der Waals surface area contributed by atoms with Gasteiger partial charge in [0, 0.05) is 4.47 Å². The van der Waals surface area contributed by atoms with E-state index in [0.29, 0.717) is 0 Å². The Hall–Kier alpha value is -0.575. The minimum atomic E-state index is -1.38. The predicted molar refractivity (Wildman–Crippen MR) is 53.4 cm³/mol. The van der Waals surface area contributed by atoms with Gasteiger partial charge in [-0.1, -0.05) is 40.1 Å². The smallest absolute Gasteiger partial charge is 0.424 e. The Labute approximate surface area is 79.8 Å². The second-order valence-electron chi connectivity index (χ2n) is 2.32. The molecule has 0 saturated carbocycles. The van der Waals surface area contributed by atoms with Crippen LogP contribution >= 0.6 is 15.9 Å². The first-order valence-electron chi connectivity index (χ1n) is 3.48. The van der Waals surface area contributed by atoms with Gasteiger partial charge in [0.1, 0.15) is 0 Å². The fourth-order valence-corrected chi connectivity index (χ4v) is 1.04. The van der Waals surface area contributed by atoms with Crippen molar-refractivity contribution in [1.82, 2.24) is 0 Å². The van der Waals surface area contributed by atoms with Crippen molar-refractivity contribution in [3.05, 3.63) is 40.3 Å². The summed E-state index contributed by atoms with van der Waals surface area (Å²) < 4.78 is 1.00. The number of hydrogen-bond donors (Lipinski definition) is 2. The monoisotopic (exact) mass is 226 g/mol. The largest absolute Gasteiger partial charge is 0.480 e. The molecule has 1 rings (SSSR count). The molecule has 12 heavy (non-hydrogen) atoms. The maximum absolute atomic E-state index is 8.53. The number of rotatable bonds is 2. The quantitative estimate of drug-likeness (QED) is 0.751. The topological polar surface area (TPSA) is 40.5 Å². The highest BCUT2D eigenvalue weighted by Crippen LogP contribution is 2.11. The van der Waals surface area contributed by atoms with Gasteiger partial charge in [-0.2, -0.15) is 0 Å². The number of hydrogen-bond acceptors (Lipinski definition) is 2. The summed E-state index contributed by atoms with van der Waals surface area (Å²) in [6, 6.07) is 7.54. The van der Waals surface area contributed by atoms with Crippen LogP contribution in [0.15, 0.2) is 34.7 Å². The lowest BCUT2D eigenvalue weighted by atomic mass is 9.91. The molecule has 2 N–H and O–H groups in total. The van der Waals surface area contributed by atoms with E-state index in [1.807, 2.05) is 24.3 Å². The third kappa shape index (κ3) is 3.22. The highest BCUT2D eigenvalue weighted by Gasteiger charge is 1.97. The van der Waals surface area contributed by atoms with E-state index in [-0.39, 0.29) is 0 Å². The number of benzene rings is 1. The molecule has 0 bridgehead atoms. The van der Waals surface area contributed by atoms with E-state index in [1.165, 1.54) is 5.98 Å². The Bertz CT molecular complexity index is 269. The Kier molecular flexibility index (Phi) is 3.53. The summed E-state index contributed by atoms with van der Waals surface area (Å²) in [5.74, 6) is 1.31. The van der Waals surface area contributed by atoms with E-state index >= 15 is 0 Å². The van der Waals surface area contributed by atoms with E-state index < -0.39 is 7.12 Å². The van der Waals surface area contributed by atoms with Crippen LogP contribution < -0.4 is 0 Å². The van der Waals surface area contributed by atoms with E-state index in [1.54, 1.807) is 6.08 Å². The van der Waals surface area contributed by atoms with Crippen molar-refractivity contribution >= 4 is 29.1 Å². The maximum atomic E-state index is 8.53. The molecule has 0 radical (unpaired) electrons. The van der Waals surface area contributed by atoms with Gasteiger partial charge in [0.2, 0.25) is 0 Å². The zero-order valence-corrected chi connectivity index (χ0v) is 7.90. The summed E-state index contributed by atoms with van der Waals surface area (Å²) in [4.78, 5) is 0. The first kappa shape index (κ1) is 9.51. The average molecular weight is 227 g/mol. The summed E-state index contributed by atoms with van der Waals surface area (Å²) in [5, 5.41) is 17.1. The molecule has 4 heteroatoms. The minimum Gasteiger partial charge on any atom is -0.424 e. The third-order valence-electron chi connectivity index (χ3n) is 1.33. The van der Waals surface area contributed by atoms with Gasteiger partial charge < -0.3 is 10.0 Å². The lowest BCUT2D eigenvalue weighted by Crippen LogP contribution is -2.05. The normalized spacial score (nSPS) is 10.6. The zero-order valence-electron chi connectivity index (χ0n) is 6.31. The van der Waals surface area contributed by atoms with Gasteiger partial charge in [-0.15, -0.1) is 0 Å². The number of halogens is 1. The molecule has 0 fully saturated rings. The Morgan fingerprint density at radius 2 is 1.75 bits per heavy atom. The molecule has 2 nitrogen and oxygen atoms in total. The van der Waals surface area contributed by atoms with Crippen LogP contribution in [0.25, 0.3) is 6.08 Å². The van der Waals surface area contributed by atoms with E-state index in [4.69, 9.17) is 10.0 Å². The van der Waals surface area contributed by atoms with Crippen LogP contribution in [0.1, 0.15) is 5.56 Å². The minimum absolute atomic E-state index is 0.936. The van der Waals surface area contributed by atoms with Crippen LogP contribution in [-0.2, 0) is 0 Å². The second-order valence-corrected chi connectivity index (χ2v) is 3.24. The summed E-state index contributed by atoms with van der Waals surface area (Å²) >= 11 is 3.30. The molecule has 0 aliphatic heterocycles. The van der Waals surface area contributed by atoms with E-state index in [0.717, 1.165) is 10.0 Å². The second kappa shape index (κ2) is 4.45. The fraction of sp³-hybridized carbons (Fsp3) is 0. The highest BCUT2D eigenvalue weighted by atomic mass is 79.9. The summed E-state index contributed by atoms with van der Waals surface area (Å²) in [7, 11) is -1.38. The van der Waals surface area contributed by atoms with Gasteiger partial charge in [0.05, 0.1) is 0 Å². The first-order chi connectivity index (χ1) is 5.68. The fourth-order valence-electron chi connectivity index (χ4n) is 0.771. The molecule has 62 valence electrons. The lowest BCUT2D eigenvalue weighted by Gasteiger charge is -1.93. The summed E-state index contributed by atoms with van der Waals surface area (Å²) in [6.45, 7) is 0. The van der Waals surface area contributed by atoms with Gasteiger partial charge in [-0.25, -0.2) is 0 Å². The standard InChI is InChI=1S/C8H8BBrO2/c10-8-3-1-7(2-4-8)5-6-9(11)12/h1-6,11-12H. The molecule has 0 aliphatic carbocycles. The summed E-state index contributed by atoms with van der Waals surface area (Å²) in [5.41, 5.74) is 0.936. The molecule has 1 aromatic rings. The zero-order chi connectivity index (χ0) is 8.97. The van der Waals surface area contributed by atoms with Crippen molar-refractivity contribution in [3.63, 3.8) is 0 Å². The highest BCUT2D eigenvalue weighted by molar-refractivity contribution is 9.10. The van der Waals surface area contributed by atoms with Crippen molar-refractivity contribution in [2.24, 2.45) is 0 Å². The maximum Gasteiger partial charge on any atom is 0.480 e. The van der Waals surface area contributed by atoms with Crippen LogP contribution in [-0.4, -0.2) is 17.2 Å². The molecule has 0 heterocycles. The lowest BCUT2D eigenvalue weighted by molar-refractivity contribution is 0.424. The molecule has 1 aromatic carbocycles. The average Bonchev–Trinajstić information content (AvgIpc) is 2.03. The van der Waals surface area contributed by atoms with E-state index in [9.17, 15) is 0 Å². The molecule has 0 aliphatic rings. The Balaban J connectivity index is 2.71. The van der Waals surface area contributed by atoms with Crippen LogP contribution in [0, 0.1) is 0 Å². The molecule has 0 amide bonds. The van der Waals surface area contributed by atoms with E-state index in [2.05, 4.69) is 15.9 Å². The van der Waals surface area contributed by atoms with Gasteiger partial charge >= 0.3 is 7.12 Å².